The minimum absolute atomic E-state index is 0.335. The predicted molar refractivity (Wildman–Crippen MR) is 60.7 cm³/mol. The minimum Gasteiger partial charge on any atom is -0.390 e. The Hall–Kier alpha value is -0.860. The van der Waals surface area contributed by atoms with Crippen LogP contribution < -0.4 is 4.90 Å². The summed E-state index contributed by atoms with van der Waals surface area (Å²) >= 11 is 0. The van der Waals surface area contributed by atoms with Crippen LogP contribution in [0.25, 0.3) is 0 Å². The topological polar surface area (TPSA) is 24.7 Å². The highest BCUT2D eigenvalue weighted by Gasteiger charge is 2.24. The summed E-state index contributed by atoms with van der Waals surface area (Å²) in [6, 6.07) is 11.0. The molecule has 1 unspecified atom stereocenters. The smallest absolute Gasteiger partial charge is 0.111 e. The fraction of sp³-hybridized carbons (Fsp3) is 0.538. The molecule has 1 aromatic carbocycles. The largest absolute Gasteiger partial charge is 0.390 e. The number of benzene rings is 1. The van der Waals surface area contributed by atoms with Crippen LogP contribution in [0.1, 0.15) is 24.8 Å². The van der Waals surface area contributed by atoms with Gasteiger partial charge in [-0.05, 0) is 12.8 Å². The van der Waals surface area contributed by atoms with Gasteiger partial charge in [0, 0.05) is 12.0 Å². The van der Waals surface area contributed by atoms with Gasteiger partial charge >= 0.3 is 0 Å². The third-order valence-electron chi connectivity index (χ3n) is 3.37. The van der Waals surface area contributed by atoms with E-state index in [2.05, 4.69) is 30.3 Å². The Morgan fingerprint density at radius 2 is 2.00 bits per heavy atom. The highest BCUT2D eigenvalue weighted by molar-refractivity contribution is 5.13. The number of quaternary nitrogens is 1. The Morgan fingerprint density at radius 1 is 1.20 bits per heavy atom. The molecule has 0 aromatic heterocycles. The van der Waals surface area contributed by atoms with Crippen molar-refractivity contribution in [1.82, 2.24) is 0 Å². The first-order valence-corrected chi connectivity index (χ1v) is 5.89. The summed E-state index contributed by atoms with van der Waals surface area (Å²) in [5.41, 5.74) is 1.38. The average molecular weight is 206 g/mol. The lowest BCUT2D eigenvalue weighted by atomic mass is 10.0. The van der Waals surface area contributed by atoms with Crippen LogP contribution in [0, 0.1) is 0 Å². The van der Waals surface area contributed by atoms with Crippen LogP contribution in [0.5, 0.6) is 0 Å². The first kappa shape index (κ1) is 10.7. The van der Waals surface area contributed by atoms with E-state index < -0.39 is 0 Å². The molecule has 2 rings (SSSR count). The second-order valence-electron chi connectivity index (χ2n) is 4.45. The summed E-state index contributed by atoms with van der Waals surface area (Å²) in [7, 11) is 0. The Morgan fingerprint density at radius 3 is 2.73 bits per heavy atom. The van der Waals surface area contributed by atoms with Crippen molar-refractivity contribution in [2.45, 2.75) is 31.8 Å². The zero-order valence-corrected chi connectivity index (χ0v) is 9.15. The highest BCUT2D eigenvalue weighted by atomic mass is 16.3. The van der Waals surface area contributed by atoms with E-state index in [0.29, 0.717) is 12.6 Å². The molecular formula is C13H20NO+. The fourth-order valence-electron chi connectivity index (χ4n) is 2.46. The molecule has 2 heteroatoms. The molecule has 15 heavy (non-hydrogen) atoms. The van der Waals surface area contributed by atoms with Gasteiger partial charge in [0.2, 0.25) is 0 Å². The second kappa shape index (κ2) is 5.29. The van der Waals surface area contributed by atoms with Gasteiger partial charge in [-0.2, -0.15) is 0 Å². The number of hydrogen-bond acceptors (Lipinski definition) is 1. The van der Waals surface area contributed by atoms with E-state index >= 15 is 0 Å². The number of piperidine rings is 1. The van der Waals surface area contributed by atoms with Gasteiger partial charge in [0.15, 0.2) is 0 Å². The molecule has 2 atom stereocenters. The van der Waals surface area contributed by atoms with Crippen LogP contribution in [-0.2, 0) is 6.54 Å². The van der Waals surface area contributed by atoms with Crippen molar-refractivity contribution in [3.05, 3.63) is 35.9 Å². The van der Waals surface area contributed by atoms with E-state index in [1.54, 1.807) is 4.90 Å². The van der Waals surface area contributed by atoms with Crippen LogP contribution >= 0.6 is 0 Å². The molecule has 0 spiro atoms. The molecular weight excluding hydrogens is 186 g/mol. The minimum atomic E-state index is 0.335. The lowest BCUT2D eigenvalue weighted by molar-refractivity contribution is -0.944. The molecule has 0 aliphatic carbocycles. The fourth-order valence-corrected chi connectivity index (χ4v) is 2.46. The maximum absolute atomic E-state index is 9.32. The van der Waals surface area contributed by atoms with E-state index in [4.69, 9.17) is 0 Å². The summed E-state index contributed by atoms with van der Waals surface area (Å²) in [5, 5.41) is 9.32. The molecule has 2 nitrogen and oxygen atoms in total. The molecule has 1 aromatic rings. The molecule has 0 saturated carbocycles. The quantitative estimate of drug-likeness (QED) is 0.744. The van der Waals surface area contributed by atoms with Crippen molar-refractivity contribution in [1.29, 1.82) is 0 Å². The highest BCUT2D eigenvalue weighted by Crippen LogP contribution is 2.04. The lowest BCUT2D eigenvalue weighted by Gasteiger charge is -2.31. The molecule has 1 fully saturated rings. The number of aliphatic hydroxyl groups is 1. The van der Waals surface area contributed by atoms with Crippen molar-refractivity contribution in [3.63, 3.8) is 0 Å². The summed E-state index contributed by atoms with van der Waals surface area (Å²) in [6.07, 6.45) is 3.76. The Bertz CT molecular complexity index is 286. The molecule has 1 aliphatic heterocycles. The van der Waals surface area contributed by atoms with Gasteiger partial charge in [-0.3, -0.25) is 0 Å². The lowest BCUT2D eigenvalue weighted by Crippen LogP contribution is -3.15. The summed E-state index contributed by atoms with van der Waals surface area (Å²) in [6.45, 7) is 2.61. The van der Waals surface area contributed by atoms with Crippen molar-refractivity contribution in [3.8, 4) is 0 Å². The Balaban J connectivity index is 1.97. The number of aliphatic hydroxyl groups excluding tert-OH is 1. The molecule has 0 radical (unpaired) electrons. The van der Waals surface area contributed by atoms with E-state index in [1.165, 1.54) is 31.4 Å². The second-order valence-corrected chi connectivity index (χ2v) is 4.45. The average Bonchev–Trinajstić information content (AvgIpc) is 2.31. The monoisotopic (exact) mass is 206 g/mol. The van der Waals surface area contributed by atoms with Gasteiger partial charge < -0.3 is 10.0 Å². The molecule has 1 aliphatic rings. The first-order chi connectivity index (χ1) is 7.40. The van der Waals surface area contributed by atoms with E-state index in [0.717, 1.165) is 6.54 Å². The van der Waals surface area contributed by atoms with Gasteiger partial charge in [0.25, 0.3) is 0 Å². The predicted octanol–water partition coefficient (Wildman–Crippen LogP) is 0.616. The zero-order valence-electron chi connectivity index (χ0n) is 9.15. The number of nitrogens with one attached hydrogen (secondary N) is 1. The number of hydrogen-bond donors (Lipinski definition) is 2. The van der Waals surface area contributed by atoms with Gasteiger partial charge in [0.05, 0.1) is 13.2 Å². The van der Waals surface area contributed by atoms with Crippen LogP contribution in [0.3, 0.4) is 0 Å². The van der Waals surface area contributed by atoms with E-state index in [-0.39, 0.29) is 0 Å². The molecule has 82 valence electrons. The van der Waals surface area contributed by atoms with E-state index in [9.17, 15) is 5.11 Å². The van der Waals surface area contributed by atoms with Crippen molar-refractivity contribution >= 4 is 0 Å². The molecule has 0 bridgehead atoms. The van der Waals surface area contributed by atoms with Crippen molar-refractivity contribution in [2.75, 3.05) is 13.2 Å². The molecule has 0 amide bonds. The standard InChI is InChI=1S/C13H19NO/c15-11-13-8-4-5-9-14(13)10-12-6-2-1-3-7-12/h1-3,6-7,13,15H,4-5,8-11H2/p+1/t13-/m1/s1. The first-order valence-electron chi connectivity index (χ1n) is 5.89. The summed E-state index contributed by atoms with van der Waals surface area (Å²) in [5.74, 6) is 0. The van der Waals surface area contributed by atoms with Crippen LogP contribution in [-0.4, -0.2) is 24.3 Å². The van der Waals surface area contributed by atoms with Crippen LogP contribution in [0.2, 0.25) is 0 Å². The summed E-state index contributed by atoms with van der Waals surface area (Å²) in [4.78, 5) is 1.55. The molecule has 2 N–H and O–H groups in total. The van der Waals surface area contributed by atoms with Crippen LogP contribution in [0.15, 0.2) is 30.3 Å². The van der Waals surface area contributed by atoms with E-state index in [1.807, 2.05) is 0 Å². The number of likely N-dealkylation sites (tertiary alicyclic amines) is 1. The SMILES string of the molecule is OC[C@H]1CCCC[NH+]1Cc1ccccc1. The zero-order chi connectivity index (χ0) is 10.5. The Kier molecular flexibility index (Phi) is 3.75. The summed E-state index contributed by atoms with van der Waals surface area (Å²) < 4.78 is 0. The van der Waals surface area contributed by atoms with Crippen molar-refractivity contribution in [2.24, 2.45) is 0 Å². The Labute approximate surface area is 91.5 Å². The molecule has 1 saturated heterocycles. The van der Waals surface area contributed by atoms with Gasteiger partial charge in [-0.1, -0.05) is 30.3 Å². The van der Waals surface area contributed by atoms with Gasteiger partial charge in [0.1, 0.15) is 12.6 Å². The third-order valence-corrected chi connectivity index (χ3v) is 3.37. The number of rotatable bonds is 3. The van der Waals surface area contributed by atoms with Crippen LogP contribution in [0.4, 0.5) is 0 Å². The van der Waals surface area contributed by atoms with Gasteiger partial charge in [-0.15, -0.1) is 0 Å². The van der Waals surface area contributed by atoms with Gasteiger partial charge in [-0.25, -0.2) is 0 Å². The van der Waals surface area contributed by atoms with Crippen molar-refractivity contribution < 1.29 is 10.0 Å². The normalized spacial score (nSPS) is 26.5. The third kappa shape index (κ3) is 2.80. The maximum Gasteiger partial charge on any atom is 0.111 e. The molecule has 1 heterocycles. The maximum atomic E-state index is 9.32.